The lowest BCUT2D eigenvalue weighted by molar-refractivity contribution is 0.230. The summed E-state index contributed by atoms with van der Waals surface area (Å²) in [4.78, 5) is 0.315. The molecule has 0 aliphatic carbocycles. The van der Waals surface area contributed by atoms with Crippen molar-refractivity contribution in [1.82, 2.24) is 4.31 Å². The van der Waals surface area contributed by atoms with Crippen molar-refractivity contribution in [3.05, 3.63) is 29.8 Å². The molecule has 1 saturated heterocycles. The van der Waals surface area contributed by atoms with E-state index in [1.54, 1.807) is 18.2 Å². The minimum absolute atomic E-state index is 0.162. The van der Waals surface area contributed by atoms with Gasteiger partial charge in [-0.1, -0.05) is 24.2 Å². The summed E-state index contributed by atoms with van der Waals surface area (Å²) < 4.78 is 26.7. The molecule has 0 amide bonds. The molecule has 0 aromatic heterocycles. The smallest absolute Gasteiger partial charge is 0.243 e. The summed E-state index contributed by atoms with van der Waals surface area (Å²) in [7, 11) is -3.48. The van der Waals surface area contributed by atoms with Crippen molar-refractivity contribution in [1.29, 1.82) is 0 Å². The van der Waals surface area contributed by atoms with Crippen molar-refractivity contribution in [2.24, 2.45) is 16.3 Å². The Hall–Kier alpha value is -1.60. The predicted octanol–water partition coefficient (Wildman–Crippen LogP) is 1.53. The molecule has 116 valence electrons. The Morgan fingerprint density at radius 1 is 1.38 bits per heavy atom. The van der Waals surface area contributed by atoms with E-state index in [0.29, 0.717) is 30.8 Å². The molecular weight excluding hydrogens is 290 g/mol. The van der Waals surface area contributed by atoms with E-state index in [1.165, 1.54) is 4.31 Å². The Labute approximate surface area is 125 Å². The Bertz CT molecular complexity index is 647. The first-order valence-electron chi connectivity index (χ1n) is 6.84. The zero-order chi connectivity index (χ0) is 15.7. The van der Waals surface area contributed by atoms with E-state index in [-0.39, 0.29) is 5.84 Å². The van der Waals surface area contributed by atoms with E-state index in [2.05, 4.69) is 5.16 Å². The third-order valence-corrected chi connectivity index (χ3v) is 6.07. The number of oxime groups is 1. The predicted molar refractivity (Wildman–Crippen MR) is 80.7 cm³/mol. The van der Waals surface area contributed by atoms with Crippen molar-refractivity contribution in [2.45, 2.75) is 31.6 Å². The van der Waals surface area contributed by atoms with Gasteiger partial charge in [0, 0.05) is 18.5 Å². The number of amidine groups is 1. The van der Waals surface area contributed by atoms with Gasteiger partial charge in [-0.3, -0.25) is 0 Å². The van der Waals surface area contributed by atoms with Gasteiger partial charge in [0.2, 0.25) is 10.0 Å². The summed E-state index contributed by atoms with van der Waals surface area (Å²) in [5, 5.41) is 11.9. The average molecular weight is 311 g/mol. The summed E-state index contributed by atoms with van der Waals surface area (Å²) in [6, 6.07) is 6.89. The van der Waals surface area contributed by atoms with Crippen LogP contribution in [0.1, 0.15) is 25.3 Å². The van der Waals surface area contributed by atoms with Crippen molar-refractivity contribution in [3.8, 4) is 0 Å². The summed E-state index contributed by atoms with van der Waals surface area (Å²) in [6.45, 7) is 4.48. The number of nitrogens with zero attached hydrogens (tertiary/aromatic N) is 2. The molecule has 0 radical (unpaired) electrons. The molecule has 21 heavy (non-hydrogen) atoms. The second-order valence-electron chi connectivity index (χ2n) is 5.77. The van der Waals surface area contributed by atoms with Crippen molar-refractivity contribution >= 4 is 15.9 Å². The highest BCUT2D eigenvalue weighted by atomic mass is 32.2. The van der Waals surface area contributed by atoms with Gasteiger partial charge in [0.1, 0.15) is 5.84 Å². The van der Waals surface area contributed by atoms with Crippen LogP contribution >= 0.6 is 0 Å². The van der Waals surface area contributed by atoms with Gasteiger partial charge in [0.05, 0.1) is 4.90 Å². The molecule has 1 aliphatic rings. The van der Waals surface area contributed by atoms with E-state index in [4.69, 9.17) is 10.9 Å². The van der Waals surface area contributed by atoms with Crippen LogP contribution in [0, 0.1) is 12.3 Å². The third kappa shape index (κ3) is 3.03. The van der Waals surface area contributed by atoms with Gasteiger partial charge in [-0.05, 0) is 37.5 Å². The standard InChI is InChI=1S/C14H21N3O3S/c1-11-4-3-5-12(10-11)21(19,20)17-8-6-14(2,7-9-17)13(15)16-18/h3-5,10,18H,6-9H2,1-2H3,(H2,15,16). The van der Waals surface area contributed by atoms with E-state index in [9.17, 15) is 8.42 Å². The van der Waals surface area contributed by atoms with Gasteiger partial charge >= 0.3 is 0 Å². The van der Waals surface area contributed by atoms with Crippen molar-refractivity contribution < 1.29 is 13.6 Å². The zero-order valence-corrected chi connectivity index (χ0v) is 13.1. The minimum Gasteiger partial charge on any atom is -0.409 e. The molecule has 3 N–H and O–H groups in total. The van der Waals surface area contributed by atoms with Gasteiger partial charge in [-0.25, -0.2) is 8.42 Å². The summed E-state index contributed by atoms with van der Waals surface area (Å²) in [6.07, 6.45) is 1.07. The topological polar surface area (TPSA) is 96.0 Å². The van der Waals surface area contributed by atoms with Crippen LogP contribution in [0.2, 0.25) is 0 Å². The Morgan fingerprint density at radius 2 is 2.00 bits per heavy atom. The van der Waals surface area contributed by atoms with Crippen LogP contribution in [0.25, 0.3) is 0 Å². The average Bonchev–Trinajstić information content (AvgIpc) is 2.47. The fourth-order valence-electron chi connectivity index (χ4n) is 2.52. The first kappa shape index (κ1) is 15.8. The van der Waals surface area contributed by atoms with Crippen LogP contribution in [0.4, 0.5) is 0 Å². The van der Waals surface area contributed by atoms with Crippen molar-refractivity contribution in [3.63, 3.8) is 0 Å². The van der Waals surface area contributed by atoms with Crippen molar-refractivity contribution in [2.75, 3.05) is 13.1 Å². The van der Waals surface area contributed by atoms with Crippen LogP contribution in [0.5, 0.6) is 0 Å². The maximum absolute atomic E-state index is 12.6. The first-order valence-corrected chi connectivity index (χ1v) is 8.28. The number of piperidine rings is 1. The second kappa shape index (κ2) is 5.65. The number of aryl methyl sites for hydroxylation is 1. The summed E-state index contributed by atoms with van der Waals surface area (Å²) >= 11 is 0. The molecule has 0 unspecified atom stereocenters. The number of hydrogen-bond acceptors (Lipinski definition) is 4. The molecule has 1 heterocycles. The highest BCUT2D eigenvalue weighted by molar-refractivity contribution is 7.89. The van der Waals surface area contributed by atoms with Gasteiger partial charge in [-0.15, -0.1) is 0 Å². The van der Waals surface area contributed by atoms with Gasteiger partial charge < -0.3 is 10.9 Å². The molecule has 2 rings (SSSR count). The quantitative estimate of drug-likeness (QED) is 0.383. The summed E-state index contributed by atoms with van der Waals surface area (Å²) in [5.41, 5.74) is 6.16. The second-order valence-corrected chi connectivity index (χ2v) is 7.70. The highest BCUT2D eigenvalue weighted by Gasteiger charge is 2.38. The van der Waals surface area contributed by atoms with Crippen LogP contribution in [-0.4, -0.2) is 36.9 Å². The van der Waals surface area contributed by atoms with E-state index >= 15 is 0 Å². The lowest BCUT2D eigenvalue weighted by Gasteiger charge is -2.37. The Kier molecular flexibility index (Phi) is 4.25. The number of rotatable bonds is 3. The first-order chi connectivity index (χ1) is 9.79. The molecule has 1 aromatic rings. The fraction of sp³-hybridized carbons (Fsp3) is 0.500. The number of hydrogen-bond donors (Lipinski definition) is 2. The zero-order valence-electron chi connectivity index (χ0n) is 12.3. The van der Waals surface area contributed by atoms with E-state index < -0.39 is 15.4 Å². The van der Waals surface area contributed by atoms with Gasteiger partial charge in [0.15, 0.2) is 0 Å². The molecule has 0 spiro atoms. The third-order valence-electron chi connectivity index (χ3n) is 4.18. The lowest BCUT2D eigenvalue weighted by atomic mass is 9.80. The van der Waals surface area contributed by atoms with E-state index in [0.717, 1.165) is 5.56 Å². The Balaban J connectivity index is 2.19. The SMILES string of the molecule is Cc1cccc(S(=O)(=O)N2CCC(C)(/C(N)=N/O)CC2)c1. The maximum Gasteiger partial charge on any atom is 0.243 e. The van der Waals surface area contributed by atoms with Crippen LogP contribution in [0.3, 0.4) is 0 Å². The monoisotopic (exact) mass is 311 g/mol. The van der Waals surface area contributed by atoms with Crippen LogP contribution < -0.4 is 5.73 Å². The van der Waals surface area contributed by atoms with Crippen LogP contribution in [-0.2, 0) is 10.0 Å². The molecule has 1 fully saturated rings. The molecule has 0 saturated carbocycles. The summed E-state index contributed by atoms with van der Waals surface area (Å²) in [5.74, 6) is 0.162. The fourth-order valence-corrected chi connectivity index (χ4v) is 4.07. The minimum atomic E-state index is -3.48. The lowest BCUT2D eigenvalue weighted by Crippen LogP contribution is -2.47. The van der Waals surface area contributed by atoms with Gasteiger partial charge in [-0.2, -0.15) is 4.31 Å². The molecular formula is C14H21N3O3S. The highest BCUT2D eigenvalue weighted by Crippen LogP contribution is 2.33. The maximum atomic E-state index is 12.6. The normalized spacial score (nSPS) is 20.4. The molecule has 6 nitrogen and oxygen atoms in total. The van der Waals surface area contributed by atoms with E-state index in [1.807, 2.05) is 19.9 Å². The molecule has 7 heteroatoms. The Morgan fingerprint density at radius 3 is 2.52 bits per heavy atom. The van der Waals surface area contributed by atoms with Crippen LogP contribution in [0.15, 0.2) is 34.3 Å². The molecule has 0 atom stereocenters. The molecule has 1 aliphatic heterocycles. The largest absolute Gasteiger partial charge is 0.409 e. The molecule has 0 bridgehead atoms. The number of benzene rings is 1. The number of sulfonamides is 1. The van der Waals surface area contributed by atoms with Gasteiger partial charge in [0.25, 0.3) is 0 Å². The molecule has 1 aromatic carbocycles. The number of nitrogens with two attached hydrogens (primary N) is 1.